The Bertz CT molecular complexity index is 763. The van der Waals surface area contributed by atoms with Gasteiger partial charge in [0.1, 0.15) is 6.61 Å². The van der Waals surface area contributed by atoms with Crippen molar-refractivity contribution in [2.24, 2.45) is 11.8 Å². The lowest BCUT2D eigenvalue weighted by Gasteiger charge is -2.25. The van der Waals surface area contributed by atoms with E-state index < -0.39 is 12.0 Å². The van der Waals surface area contributed by atoms with Gasteiger partial charge in [0.25, 0.3) is 0 Å². The molecule has 1 aliphatic rings. The number of nitrogens with one attached hydrogen (secondary N) is 2. The molecule has 0 fully saturated rings. The molecule has 2 rings (SSSR count). The Hall–Kier alpha value is -2.67. The molecule has 3 unspecified atom stereocenters. The minimum absolute atomic E-state index is 0.0199. The van der Waals surface area contributed by atoms with Gasteiger partial charge < -0.3 is 20.5 Å². The number of carbonyl (C=O) groups is 3. The number of hydrogen-bond donors (Lipinski definition) is 3. The molecule has 1 heterocycles. The predicted molar refractivity (Wildman–Crippen MR) is 123 cm³/mol. The van der Waals surface area contributed by atoms with Gasteiger partial charge in [-0.1, -0.05) is 56.3 Å². The summed E-state index contributed by atoms with van der Waals surface area (Å²) >= 11 is 0. The van der Waals surface area contributed by atoms with Crippen molar-refractivity contribution in [3.8, 4) is 0 Å². The molecule has 0 bridgehead atoms. The molecular weight excluding hydrogens is 408 g/mol. The highest BCUT2D eigenvalue weighted by Gasteiger charge is 2.26. The number of aliphatic hydroxyl groups is 1. The summed E-state index contributed by atoms with van der Waals surface area (Å²) < 4.78 is 5.33. The highest BCUT2D eigenvalue weighted by Crippen LogP contribution is 2.15. The summed E-state index contributed by atoms with van der Waals surface area (Å²) in [4.78, 5) is 37.6. The zero-order valence-corrected chi connectivity index (χ0v) is 19.1. The number of aliphatic hydroxyl groups excluding tert-OH is 1. The smallest absolute Gasteiger partial charge is 0.305 e. The first kappa shape index (κ1) is 25.6. The van der Waals surface area contributed by atoms with E-state index >= 15 is 0 Å². The van der Waals surface area contributed by atoms with Crippen LogP contribution in [0.5, 0.6) is 0 Å². The fourth-order valence-corrected chi connectivity index (χ4v) is 3.55. The third-order valence-electron chi connectivity index (χ3n) is 5.61. The average molecular weight is 445 g/mol. The summed E-state index contributed by atoms with van der Waals surface area (Å²) in [5, 5.41) is 15.5. The Morgan fingerprint density at radius 1 is 1.22 bits per heavy atom. The second-order valence-electron chi connectivity index (χ2n) is 8.68. The van der Waals surface area contributed by atoms with Crippen molar-refractivity contribution in [1.29, 1.82) is 0 Å². The van der Waals surface area contributed by atoms with Gasteiger partial charge in [0.15, 0.2) is 0 Å². The van der Waals surface area contributed by atoms with Crippen LogP contribution in [0.25, 0.3) is 0 Å². The summed E-state index contributed by atoms with van der Waals surface area (Å²) in [5.74, 6) is -1.23. The van der Waals surface area contributed by atoms with Gasteiger partial charge in [0, 0.05) is 12.8 Å². The Balaban J connectivity index is 2.03. The lowest BCUT2D eigenvalue weighted by Crippen LogP contribution is -2.46. The van der Waals surface area contributed by atoms with Gasteiger partial charge in [-0.05, 0) is 37.2 Å². The van der Waals surface area contributed by atoms with Crippen LogP contribution < -0.4 is 10.6 Å². The Labute approximate surface area is 190 Å². The summed E-state index contributed by atoms with van der Waals surface area (Å²) in [6.07, 6.45) is 6.56. The van der Waals surface area contributed by atoms with E-state index in [0.717, 1.165) is 5.56 Å². The maximum atomic E-state index is 13.0. The van der Waals surface area contributed by atoms with Crippen LogP contribution in [0.2, 0.25) is 0 Å². The van der Waals surface area contributed by atoms with E-state index in [9.17, 15) is 19.5 Å². The summed E-state index contributed by atoms with van der Waals surface area (Å²) in [5.41, 5.74) is 1.02. The third-order valence-corrected chi connectivity index (χ3v) is 5.61. The number of cyclic esters (lactones) is 1. The van der Waals surface area contributed by atoms with Crippen LogP contribution in [0, 0.1) is 11.8 Å². The van der Waals surface area contributed by atoms with Crippen molar-refractivity contribution in [2.75, 3.05) is 13.2 Å². The molecule has 7 heteroatoms. The Morgan fingerprint density at radius 2 is 1.97 bits per heavy atom. The molecule has 0 saturated carbocycles. The van der Waals surface area contributed by atoms with E-state index in [1.54, 1.807) is 0 Å². The number of esters is 1. The van der Waals surface area contributed by atoms with Gasteiger partial charge in [-0.2, -0.15) is 0 Å². The number of carbonyl (C=O) groups excluding carboxylic acids is 3. The fraction of sp³-hybridized carbons (Fsp3) is 0.560. The van der Waals surface area contributed by atoms with Crippen LogP contribution in [0.4, 0.5) is 0 Å². The minimum Gasteiger partial charge on any atom is -0.463 e. The highest BCUT2D eigenvalue weighted by molar-refractivity contribution is 5.86. The molecule has 1 aromatic rings. The first-order valence-corrected chi connectivity index (χ1v) is 11.4. The molecule has 0 saturated heterocycles. The number of benzene rings is 1. The molecule has 0 radical (unpaired) electrons. The number of ether oxygens (including phenoxy) is 1. The molecule has 7 nitrogen and oxygen atoms in total. The molecule has 2 amide bonds. The van der Waals surface area contributed by atoms with Crippen LogP contribution in [0.15, 0.2) is 42.5 Å². The summed E-state index contributed by atoms with van der Waals surface area (Å²) in [6, 6.07) is 8.91. The van der Waals surface area contributed by atoms with Gasteiger partial charge in [-0.3, -0.25) is 14.4 Å². The van der Waals surface area contributed by atoms with Crippen molar-refractivity contribution >= 4 is 17.8 Å². The van der Waals surface area contributed by atoms with Crippen molar-refractivity contribution in [3.05, 3.63) is 48.0 Å². The van der Waals surface area contributed by atoms with Crippen molar-refractivity contribution in [1.82, 2.24) is 10.6 Å². The van der Waals surface area contributed by atoms with Gasteiger partial charge >= 0.3 is 5.97 Å². The van der Waals surface area contributed by atoms with Gasteiger partial charge in [-0.25, -0.2) is 0 Å². The quantitative estimate of drug-likeness (QED) is 0.443. The zero-order chi connectivity index (χ0) is 23.3. The Morgan fingerprint density at radius 3 is 2.66 bits per heavy atom. The van der Waals surface area contributed by atoms with E-state index in [2.05, 4.69) is 10.6 Å². The second-order valence-corrected chi connectivity index (χ2v) is 8.68. The third kappa shape index (κ3) is 9.22. The molecule has 1 aromatic carbocycles. The normalized spacial score (nSPS) is 21.5. The van der Waals surface area contributed by atoms with E-state index in [-0.39, 0.29) is 49.4 Å². The first-order valence-electron chi connectivity index (χ1n) is 11.4. The van der Waals surface area contributed by atoms with Crippen molar-refractivity contribution in [2.45, 2.75) is 64.5 Å². The SMILES string of the molecule is CC(C)C1COC(=O)CCCC=CCC(CC(=O)NC(CO)Cc2ccccc2)C(=O)N1. The Kier molecular flexibility index (Phi) is 10.9. The number of allylic oxidation sites excluding steroid dienone is 2. The maximum Gasteiger partial charge on any atom is 0.305 e. The van der Waals surface area contributed by atoms with Gasteiger partial charge in [0.05, 0.1) is 24.6 Å². The maximum absolute atomic E-state index is 13.0. The van der Waals surface area contributed by atoms with E-state index in [1.807, 2.05) is 56.3 Å². The average Bonchev–Trinajstić information content (AvgIpc) is 2.78. The van der Waals surface area contributed by atoms with Crippen LogP contribution in [-0.2, 0) is 25.5 Å². The van der Waals surface area contributed by atoms with E-state index in [1.165, 1.54) is 0 Å². The topological polar surface area (TPSA) is 105 Å². The molecule has 3 atom stereocenters. The second kappa shape index (κ2) is 13.7. The molecule has 32 heavy (non-hydrogen) atoms. The van der Waals surface area contributed by atoms with E-state index in [4.69, 9.17) is 4.74 Å². The van der Waals surface area contributed by atoms with E-state index in [0.29, 0.717) is 32.1 Å². The van der Waals surface area contributed by atoms with Gasteiger partial charge in [-0.15, -0.1) is 0 Å². The zero-order valence-electron chi connectivity index (χ0n) is 19.1. The molecule has 0 aliphatic carbocycles. The number of amides is 2. The summed E-state index contributed by atoms with van der Waals surface area (Å²) in [7, 11) is 0. The number of hydrogen-bond acceptors (Lipinski definition) is 5. The summed E-state index contributed by atoms with van der Waals surface area (Å²) in [6.45, 7) is 3.85. The predicted octanol–water partition coefficient (Wildman–Crippen LogP) is 2.53. The van der Waals surface area contributed by atoms with Gasteiger partial charge in [0.2, 0.25) is 11.8 Å². The van der Waals surface area contributed by atoms with Crippen molar-refractivity contribution < 1.29 is 24.2 Å². The molecule has 0 aromatic heterocycles. The number of rotatable bonds is 7. The lowest BCUT2D eigenvalue weighted by atomic mass is 9.96. The molecule has 176 valence electrons. The molecule has 3 N–H and O–H groups in total. The van der Waals surface area contributed by atoms with Crippen LogP contribution >= 0.6 is 0 Å². The van der Waals surface area contributed by atoms with Crippen LogP contribution in [0.3, 0.4) is 0 Å². The minimum atomic E-state index is -0.542. The molecule has 0 spiro atoms. The monoisotopic (exact) mass is 444 g/mol. The lowest BCUT2D eigenvalue weighted by molar-refractivity contribution is -0.145. The molecule has 1 aliphatic heterocycles. The molecular formula is C25H36N2O5. The largest absolute Gasteiger partial charge is 0.463 e. The van der Waals surface area contributed by atoms with Crippen molar-refractivity contribution in [3.63, 3.8) is 0 Å². The van der Waals surface area contributed by atoms with Crippen LogP contribution in [0.1, 0.15) is 51.5 Å². The highest BCUT2D eigenvalue weighted by atomic mass is 16.5. The fourth-order valence-electron chi connectivity index (χ4n) is 3.55. The van der Waals surface area contributed by atoms with Crippen LogP contribution in [-0.4, -0.2) is 48.2 Å². The standard InChI is InChI=1S/C25H36N2O5/c1-18(2)22-17-32-24(30)13-9-4-3-8-12-20(25(31)27-22)15-23(29)26-21(16-28)14-19-10-6-5-7-11-19/h3,5-8,10-11,18,20-22,28H,4,9,12-17H2,1-2H3,(H,26,29)(H,27,31). The first-order chi connectivity index (χ1) is 15.4.